The zero-order valence-electron chi connectivity index (χ0n) is 10.3. The highest BCUT2D eigenvalue weighted by molar-refractivity contribution is 6.04. The Balaban J connectivity index is 2.13. The molecule has 5 nitrogen and oxygen atoms in total. The van der Waals surface area contributed by atoms with Gasteiger partial charge in [-0.2, -0.15) is 0 Å². The predicted octanol–water partition coefficient (Wildman–Crippen LogP) is 2.26. The van der Waals surface area contributed by atoms with Gasteiger partial charge in [-0.05, 0) is 30.3 Å². The van der Waals surface area contributed by atoms with E-state index in [2.05, 4.69) is 10.3 Å². The number of nitrogens with one attached hydrogen (secondary N) is 1. The highest BCUT2D eigenvalue weighted by Gasteiger charge is 2.08. The molecule has 96 valence electrons. The first-order chi connectivity index (χ1) is 9.15. The van der Waals surface area contributed by atoms with Gasteiger partial charge in [0.25, 0.3) is 5.91 Å². The molecule has 1 heterocycles. The highest BCUT2D eigenvalue weighted by Crippen LogP contribution is 2.15. The summed E-state index contributed by atoms with van der Waals surface area (Å²) in [6, 6.07) is 9.80. The number of hydrogen-bond acceptors (Lipinski definition) is 4. The van der Waals surface area contributed by atoms with Crippen LogP contribution in [0, 0.1) is 0 Å². The number of carbonyl (C=O) groups is 2. The van der Waals surface area contributed by atoms with Crippen molar-refractivity contribution in [2.45, 2.75) is 6.92 Å². The van der Waals surface area contributed by atoms with Gasteiger partial charge in [0.1, 0.15) is 5.75 Å². The summed E-state index contributed by atoms with van der Waals surface area (Å²) >= 11 is 0. The summed E-state index contributed by atoms with van der Waals surface area (Å²) in [4.78, 5) is 26.7. The average Bonchev–Trinajstić information content (AvgIpc) is 2.39. The van der Waals surface area contributed by atoms with E-state index in [0.717, 1.165) is 0 Å². The Kier molecular flexibility index (Phi) is 3.87. The number of amides is 1. The van der Waals surface area contributed by atoms with Gasteiger partial charge in [-0.1, -0.05) is 6.07 Å². The van der Waals surface area contributed by atoms with E-state index < -0.39 is 5.97 Å². The van der Waals surface area contributed by atoms with Gasteiger partial charge in [-0.25, -0.2) is 0 Å². The van der Waals surface area contributed by atoms with Crippen molar-refractivity contribution < 1.29 is 14.3 Å². The van der Waals surface area contributed by atoms with Gasteiger partial charge in [0.2, 0.25) is 0 Å². The molecule has 0 fully saturated rings. The molecular formula is C14H12N2O3. The Morgan fingerprint density at radius 3 is 2.58 bits per heavy atom. The van der Waals surface area contributed by atoms with Crippen LogP contribution < -0.4 is 10.1 Å². The van der Waals surface area contributed by atoms with Crippen molar-refractivity contribution in [2.24, 2.45) is 0 Å². The van der Waals surface area contributed by atoms with Crippen LogP contribution in [0.2, 0.25) is 0 Å². The summed E-state index contributed by atoms with van der Waals surface area (Å²) < 4.78 is 4.93. The van der Waals surface area contributed by atoms with Crippen LogP contribution in [-0.2, 0) is 4.79 Å². The van der Waals surface area contributed by atoms with E-state index >= 15 is 0 Å². The largest absolute Gasteiger partial charge is 0.427 e. The number of esters is 1. The molecule has 1 aromatic heterocycles. The van der Waals surface area contributed by atoms with Gasteiger partial charge in [-0.3, -0.25) is 14.6 Å². The second-order valence-electron chi connectivity index (χ2n) is 3.81. The maximum Gasteiger partial charge on any atom is 0.308 e. The fourth-order valence-electron chi connectivity index (χ4n) is 1.51. The highest BCUT2D eigenvalue weighted by atomic mass is 16.5. The normalized spacial score (nSPS) is 9.74. The van der Waals surface area contributed by atoms with Crippen LogP contribution in [0.1, 0.15) is 17.3 Å². The van der Waals surface area contributed by atoms with Crippen LogP contribution >= 0.6 is 0 Å². The first-order valence-corrected chi connectivity index (χ1v) is 5.65. The van der Waals surface area contributed by atoms with Gasteiger partial charge in [0, 0.05) is 30.6 Å². The Hall–Kier alpha value is -2.69. The summed E-state index contributed by atoms with van der Waals surface area (Å²) in [5, 5.41) is 2.72. The molecule has 0 saturated heterocycles. The number of nitrogens with zero attached hydrogens (tertiary/aromatic N) is 1. The molecule has 2 rings (SSSR count). The summed E-state index contributed by atoms with van der Waals surface area (Å²) in [5.41, 5.74) is 1.06. The zero-order chi connectivity index (χ0) is 13.7. The van der Waals surface area contributed by atoms with Crippen LogP contribution in [-0.4, -0.2) is 16.9 Å². The van der Waals surface area contributed by atoms with Crippen LogP contribution in [0.5, 0.6) is 5.75 Å². The third kappa shape index (κ3) is 3.64. The van der Waals surface area contributed by atoms with E-state index in [-0.39, 0.29) is 5.91 Å². The van der Waals surface area contributed by atoms with Crippen molar-refractivity contribution >= 4 is 17.6 Å². The van der Waals surface area contributed by atoms with Crippen molar-refractivity contribution in [3.8, 4) is 5.75 Å². The zero-order valence-corrected chi connectivity index (χ0v) is 10.3. The first kappa shape index (κ1) is 12.8. The standard InChI is InChI=1S/C14H12N2O3/c1-10(17)19-13-4-2-3-11(9-13)14(18)16-12-5-7-15-8-6-12/h2-9H,1H3,(H,15,16,18). The number of pyridine rings is 1. The first-order valence-electron chi connectivity index (χ1n) is 5.65. The Bertz CT molecular complexity index is 597. The van der Waals surface area contributed by atoms with E-state index in [1.165, 1.54) is 13.0 Å². The van der Waals surface area contributed by atoms with E-state index in [9.17, 15) is 9.59 Å². The minimum absolute atomic E-state index is 0.278. The SMILES string of the molecule is CC(=O)Oc1cccc(C(=O)Nc2ccncc2)c1. The van der Waals surface area contributed by atoms with E-state index in [1.54, 1.807) is 42.7 Å². The number of benzene rings is 1. The number of rotatable bonds is 3. The lowest BCUT2D eigenvalue weighted by Gasteiger charge is -2.06. The second-order valence-corrected chi connectivity index (χ2v) is 3.81. The van der Waals surface area contributed by atoms with Crippen molar-refractivity contribution in [1.82, 2.24) is 4.98 Å². The van der Waals surface area contributed by atoms with Gasteiger partial charge in [0.15, 0.2) is 0 Å². The van der Waals surface area contributed by atoms with Crippen molar-refractivity contribution in [1.29, 1.82) is 0 Å². The van der Waals surface area contributed by atoms with E-state index in [0.29, 0.717) is 17.0 Å². The lowest BCUT2D eigenvalue weighted by Crippen LogP contribution is -2.12. The summed E-state index contributed by atoms with van der Waals surface area (Å²) in [6.07, 6.45) is 3.18. The molecule has 0 atom stereocenters. The minimum Gasteiger partial charge on any atom is -0.427 e. The molecule has 0 spiro atoms. The third-order valence-corrected chi connectivity index (χ3v) is 2.30. The number of ether oxygens (including phenoxy) is 1. The molecule has 5 heteroatoms. The molecule has 1 N–H and O–H groups in total. The molecule has 0 aliphatic carbocycles. The summed E-state index contributed by atoms with van der Waals surface area (Å²) in [5.74, 6) is -0.359. The fraction of sp³-hybridized carbons (Fsp3) is 0.0714. The van der Waals surface area contributed by atoms with Crippen LogP contribution in [0.25, 0.3) is 0 Å². The summed E-state index contributed by atoms with van der Waals surface area (Å²) in [7, 11) is 0. The van der Waals surface area contributed by atoms with Crippen molar-refractivity contribution in [2.75, 3.05) is 5.32 Å². The van der Waals surface area contributed by atoms with Crippen LogP contribution in [0.15, 0.2) is 48.8 Å². The lowest BCUT2D eigenvalue weighted by molar-refractivity contribution is -0.131. The van der Waals surface area contributed by atoms with E-state index in [4.69, 9.17) is 4.74 Å². The number of carbonyl (C=O) groups excluding carboxylic acids is 2. The Labute approximate surface area is 110 Å². The quantitative estimate of drug-likeness (QED) is 0.675. The molecule has 0 aliphatic rings. The topological polar surface area (TPSA) is 68.3 Å². The van der Waals surface area contributed by atoms with Crippen LogP contribution in [0.4, 0.5) is 5.69 Å². The average molecular weight is 256 g/mol. The van der Waals surface area contributed by atoms with E-state index in [1.807, 2.05) is 0 Å². The molecule has 0 unspecified atom stereocenters. The van der Waals surface area contributed by atoms with Gasteiger partial charge < -0.3 is 10.1 Å². The molecule has 2 aromatic rings. The molecular weight excluding hydrogens is 244 g/mol. The van der Waals surface area contributed by atoms with Crippen molar-refractivity contribution in [3.05, 3.63) is 54.4 Å². The molecule has 0 bridgehead atoms. The molecule has 1 aromatic carbocycles. The predicted molar refractivity (Wildman–Crippen MR) is 69.9 cm³/mol. The minimum atomic E-state index is -0.424. The van der Waals surface area contributed by atoms with Crippen molar-refractivity contribution in [3.63, 3.8) is 0 Å². The summed E-state index contributed by atoms with van der Waals surface area (Å²) in [6.45, 7) is 1.31. The third-order valence-electron chi connectivity index (χ3n) is 2.30. The maximum absolute atomic E-state index is 12.0. The molecule has 0 radical (unpaired) electrons. The maximum atomic E-state index is 12.0. The Morgan fingerprint density at radius 2 is 1.89 bits per heavy atom. The Morgan fingerprint density at radius 1 is 1.16 bits per heavy atom. The smallest absolute Gasteiger partial charge is 0.308 e. The van der Waals surface area contributed by atoms with Gasteiger partial charge >= 0.3 is 5.97 Å². The molecule has 0 saturated carbocycles. The lowest BCUT2D eigenvalue weighted by atomic mass is 10.2. The molecule has 0 aliphatic heterocycles. The van der Waals surface area contributed by atoms with Gasteiger partial charge in [0.05, 0.1) is 0 Å². The number of anilines is 1. The number of hydrogen-bond donors (Lipinski definition) is 1. The number of aromatic nitrogens is 1. The molecule has 1 amide bonds. The fourth-order valence-corrected chi connectivity index (χ4v) is 1.51. The van der Waals surface area contributed by atoms with Crippen LogP contribution in [0.3, 0.4) is 0 Å². The monoisotopic (exact) mass is 256 g/mol. The van der Waals surface area contributed by atoms with Gasteiger partial charge in [-0.15, -0.1) is 0 Å². The second kappa shape index (κ2) is 5.77. The molecule has 19 heavy (non-hydrogen) atoms.